The van der Waals surface area contributed by atoms with E-state index in [1.165, 1.54) is 0 Å². The molecule has 0 fully saturated rings. The van der Waals surface area contributed by atoms with Crippen molar-refractivity contribution >= 4 is 17.4 Å². The number of methoxy groups -OCH3 is 1. The summed E-state index contributed by atoms with van der Waals surface area (Å²) in [5.41, 5.74) is 0.925. The number of hydrogen-bond donors (Lipinski definition) is 1. The van der Waals surface area contributed by atoms with E-state index in [9.17, 15) is 0 Å². The second-order valence-corrected chi connectivity index (χ2v) is 4.02. The molecule has 3 nitrogen and oxygen atoms in total. The van der Waals surface area contributed by atoms with Crippen molar-refractivity contribution in [3.8, 4) is 5.75 Å². The van der Waals surface area contributed by atoms with Crippen molar-refractivity contribution in [3.05, 3.63) is 28.8 Å². The molecule has 0 spiro atoms. The van der Waals surface area contributed by atoms with Crippen molar-refractivity contribution in [1.29, 1.82) is 0 Å². The summed E-state index contributed by atoms with van der Waals surface area (Å²) in [4.78, 5) is 4.40. The lowest BCUT2D eigenvalue weighted by molar-refractivity contribution is 0.414. The summed E-state index contributed by atoms with van der Waals surface area (Å²) in [5.74, 6) is 1.65. The molecule has 80 valence electrons. The van der Waals surface area contributed by atoms with Gasteiger partial charge < -0.3 is 10.1 Å². The van der Waals surface area contributed by atoms with Crippen molar-refractivity contribution in [2.75, 3.05) is 13.7 Å². The van der Waals surface area contributed by atoms with Crippen LogP contribution in [0.4, 0.5) is 0 Å². The molecule has 0 aromatic heterocycles. The van der Waals surface area contributed by atoms with Gasteiger partial charge in [0, 0.05) is 11.1 Å². The van der Waals surface area contributed by atoms with E-state index >= 15 is 0 Å². The van der Waals surface area contributed by atoms with Crippen molar-refractivity contribution in [1.82, 2.24) is 5.32 Å². The van der Waals surface area contributed by atoms with Crippen LogP contribution < -0.4 is 10.1 Å². The molecule has 0 saturated heterocycles. The Morgan fingerprint density at radius 2 is 2.33 bits per heavy atom. The number of nitrogens with zero attached hydrogens (tertiary/aromatic N) is 1. The first-order chi connectivity index (χ1) is 7.20. The summed E-state index contributed by atoms with van der Waals surface area (Å²) in [5, 5.41) is 3.97. The van der Waals surface area contributed by atoms with Crippen LogP contribution in [0.3, 0.4) is 0 Å². The van der Waals surface area contributed by atoms with Gasteiger partial charge >= 0.3 is 0 Å². The van der Waals surface area contributed by atoms with Gasteiger partial charge in [0.1, 0.15) is 11.6 Å². The topological polar surface area (TPSA) is 33.6 Å². The number of hydrogen-bond acceptors (Lipinski definition) is 3. The molecule has 1 aromatic rings. The summed E-state index contributed by atoms with van der Waals surface area (Å²) in [6.07, 6.45) is 0. The van der Waals surface area contributed by atoms with Crippen molar-refractivity contribution in [3.63, 3.8) is 0 Å². The zero-order chi connectivity index (χ0) is 10.8. The predicted molar refractivity (Wildman–Crippen MR) is 62.0 cm³/mol. The van der Waals surface area contributed by atoms with Gasteiger partial charge in [0.05, 0.1) is 19.2 Å². The number of amidine groups is 1. The lowest BCUT2D eigenvalue weighted by Crippen LogP contribution is -2.27. The molecule has 1 aromatic carbocycles. The quantitative estimate of drug-likeness (QED) is 0.835. The van der Waals surface area contributed by atoms with E-state index < -0.39 is 0 Å². The van der Waals surface area contributed by atoms with Crippen LogP contribution in [0.1, 0.15) is 12.5 Å². The summed E-state index contributed by atoms with van der Waals surface area (Å²) in [6.45, 7) is 2.89. The van der Waals surface area contributed by atoms with Gasteiger partial charge in [-0.05, 0) is 25.1 Å². The van der Waals surface area contributed by atoms with E-state index in [-0.39, 0.29) is 0 Å². The zero-order valence-electron chi connectivity index (χ0n) is 8.75. The minimum Gasteiger partial charge on any atom is -0.496 e. The Morgan fingerprint density at radius 3 is 2.93 bits per heavy atom. The highest BCUT2D eigenvalue weighted by Gasteiger charge is 2.17. The van der Waals surface area contributed by atoms with E-state index in [0.717, 1.165) is 23.7 Å². The minimum atomic E-state index is 0.378. The monoisotopic (exact) mass is 224 g/mol. The average Bonchev–Trinajstić information content (AvgIpc) is 2.65. The molecule has 1 heterocycles. The van der Waals surface area contributed by atoms with Crippen molar-refractivity contribution < 1.29 is 4.74 Å². The molecule has 2 rings (SSSR count). The van der Waals surface area contributed by atoms with Gasteiger partial charge in [0.15, 0.2) is 0 Å². The first-order valence-corrected chi connectivity index (χ1v) is 5.23. The molecule has 1 unspecified atom stereocenters. The number of rotatable bonds is 2. The zero-order valence-corrected chi connectivity index (χ0v) is 9.51. The number of ether oxygens (including phenoxy) is 1. The fourth-order valence-corrected chi connectivity index (χ4v) is 1.75. The Kier molecular flexibility index (Phi) is 2.82. The fourth-order valence-electron chi connectivity index (χ4n) is 1.58. The third-order valence-electron chi connectivity index (χ3n) is 2.32. The molecule has 4 heteroatoms. The molecule has 1 aliphatic rings. The fraction of sp³-hybridized carbons (Fsp3) is 0.364. The highest BCUT2D eigenvalue weighted by atomic mass is 35.5. The van der Waals surface area contributed by atoms with Crippen LogP contribution in [0, 0.1) is 0 Å². The lowest BCUT2D eigenvalue weighted by atomic mass is 10.2. The third-order valence-corrected chi connectivity index (χ3v) is 2.56. The molecule has 0 bridgehead atoms. The number of halogens is 1. The predicted octanol–water partition coefficient (Wildman–Crippen LogP) is 2.09. The summed E-state index contributed by atoms with van der Waals surface area (Å²) in [6, 6.07) is 5.90. The van der Waals surface area contributed by atoms with Gasteiger partial charge in [0.25, 0.3) is 0 Å². The molecule has 1 N–H and O–H groups in total. The van der Waals surface area contributed by atoms with Gasteiger partial charge in [-0.25, -0.2) is 0 Å². The van der Waals surface area contributed by atoms with Crippen LogP contribution in [0.2, 0.25) is 5.02 Å². The number of nitrogens with one attached hydrogen (secondary N) is 1. The molecule has 15 heavy (non-hydrogen) atoms. The Bertz CT molecular complexity index is 404. The van der Waals surface area contributed by atoms with E-state index in [4.69, 9.17) is 16.3 Å². The molecular formula is C11H13ClN2O. The largest absolute Gasteiger partial charge is 0.496 e. The van der Waals surface area contributed by atoms with Gasteiger partial charge in [0.2, 0.25) is 0 Å². The molecule has 1 aliphatic heterocycles. The highest BCUT2D eigenvalue weighted by Crippen LogP contribution is 2.23. The maximum Gasteiger partial charge on any atom is 0.132 e. The summed E-state index contributed by atoms with van der Waals surface area (Å²) in [7, 11) is 1.64. The lowest BCUT2D eigenvalue weighted by Gasteiger charge is -2.10. The molecular weight excluding hydrogens is 212 g/mol. The summed E-state index contributed by atoms with van der Waals surface area (Å²) < 4.78 is 5.27. The molecule has 1 atom stereocenters. The van der Waals surface area contributed by atoms with Crippen LogP contribution >= 0.6 is 11.6 Å². The van der Waals surface area contributed by atoms with Crippen LogP contribution in [-0.2, 0) is 0 Å². The van der Waals surface area contributed by atoms with E-state index in [1.54, 1.807) is 7.11 Å². The standard InChI is InChI=1S/C11H13ClN2O/c1-7-6-13-11(14-7)9-5-8(12)3-4-10(9)15-2/h3-5,7H,6H2,1-2H3,(H,13,14). The molecule has 0 aliphatic carbocycles. The second-order valence-electron chi connectivity index (χ2n) is 3.58. The Balaban J connectivity index is 2.38. The maximum atomic E-state index is 5.95. The molecule has 0 saturated carbocycles. The Labute approximate surface area is 94.1 Å². The average molecular weight is 225 g/mol. The van der Waals surface area contributed by atoms with Gasteiger partial charge in [-0.1, -0.05) is 11.6 Å². The number of aliphatic imine (C=N–C) groups is 1. The van der Waals surface area contributed by atoms with Gasteiger partial charge in [-0.15, -0.1) is 0 Å². The van der Waals surface area contributed by atoms with E-state index in [1.807, 2.05) is 18.2 Å². The van der Waals surface area contributed by atoms with E-state index in [0.29, 0.717) is 11.1 Å². The van der Waals surface area contributed by atoms with Crippen molar-refractivity contribution in [2.24, 2.45) is 4.99 Å². The number of benzene rings is 1. The normalized spacial score (nSPS) is 19.7. The first-order valence-electron chi connectivity index (χ1n) is 4.85. The minimum absolute atomic E-state index is 0.378. The van der Waals surface area contributed by atoms with Crippen LogP contribution in [-0.4, -0.2) is 25.5 Å². The van der Waals surface area contributed by atoms with Crippen molar-refractivity contribution in [2.45, 2.75) is 13.0 Å². The Morgan fingerprint density at radius 1 is 1.53 bits per heavy atom. The van der Waals surface area contributed by atoms with Gasteiger partial charge in [-0.3, -0.25) is 4.99 Å². The molecule has 0 radical (unpaired) electrons. The third kappa shape index (κ3) is 2.07. The first kappa shape index (κ1) is 10.3. The van der Waals surface area contributed by atoms with Crippen LogP contribution in [0.15, 0.2) is 23.2 Å². The maximum absolute atomic E-state index is 5.95. The highest BCUT2D eigenvalue weighted by molar-refractivity contribution is 6.31. The van der Waals surface area contributed by atoms with Crippen LogP contribution in [0.5, 0.6) is 5.75 Å². The molecule has 0 amide bonds. The Hall–Kier alpha value is -1.22. The van der Waals surface area contributed by atoms with Gasteiger partial charge in [-0.2, -0.15) is 0 Å². The van der Waals surface area contributed by atoms with E-state index in [2.05, 4.69) is 17.2 Å². The second kappa shape index (κ2) is 4.11. The summed E-state index contributed by atoms with van der Waals surface area (Å²) >= 11 is 5.95. The smallest absolute Gasteiger partial charge is 0.132 e. The van der Waals surface area contributed by atoms with Crippen LogP contribution in [0.25, 0.3) is 0 Å². The SMILES string of the molecule is COc1ccc(Cl)cc1C1=NCC(C)N1.